The van der Waals surface area contributed by atoms with E-state index in [4.69, 9.17) is 11.6 Å². The van der Waals surface area contributed by atoms with E-state index in [9.17, 15) is 4.79 Å². The number of likely N-dealkylation sites (tertiary alicyclic amines) is 1. The van der Waals surface area contributed by atoms with E-state index < -0.39 is 0 Å². The van der Waals surface area contributed by atoms with E-state index in [1.54, 1.807) is 11.8 Å². The van der Waals surface area contributed by atoms with Crippen LogP contribution in [-0.2, 0) is 4.79 Å². The molecule has 0 spiro atoms. The Hall–Kier alpha value is -1.40. The number of rotatable bonds is 7. The molecule has 1 amide bonds. The summed E-state index contributed by atoms with van der Waals surface area (Å²) in [4.78, 5) is 19.5. The second kappa shape index (κ2) is 10.6. The number of hydrogen-bond donors (Lipinski definition) is 2. The van der Waals surface area contributed by atoms with Crippen LogP contribution in [0.1, 0.15) is 26.7 Å². The van der Waals surface area contributed by atoms with Crippen molar-refractivity contribution in [3.63, 3.8) is 0 Å². The van der Waals surface area contributed by atoms with Gasteiger partial charge in [-0.2, -0.15) is 0 Å². The summed E-state index contributed by atoms with van der Waals surface area (Å²) in [5.74, 6) is 1.96. The molecule has 25 heavy (non-hydrogen) atoms. The van der Waals surface area contributed by atoms with Gasteiger partial charge in [0, 0.05) is 47.8 Å². The van der Waals surface area contributed by atoms with E-state index in [0.29, 0.717) is 6.42 Å². The average molecular weight is 383 g/mol. The third-order valence-corrected chi connectivity index (χ3v) is 5.22. The van der Waals surface area contributed by atoms with Gasteiger partial charge >= 0.3 is 0 Å². The lowest BCUT2D eigenvalue weighted by Gasteiger charge is -2.18. The summed E-state index contributed by atoms with van der Waals surface area (Å²) in [6.07, 6.45) is 1.54. The van der Waals surface area contributed by atoms with Gasteiger partial charge in [0.2, 0.25) is 5.91 Å². The summed E-state index contributed by atoms with van der Waals surface area (Å²) < 4.78 is 0. The second-order valence-corrected chi connectivity index (χ2v) is 7.49. The maximum Gasteiger partial charge on any atom is 0.222 e. The summed E-state index contributed by atoms with van der Waals surface area (Å²) in [5, 5.41) is 7.49. The Morgan fingerprint density at radius 2 is 2.12 bits per heavy atom. The first-order valence-electron chi connectivity index (χ1n) is 8.83. The number of hydrogen-bond acceptors (Lipinski definition) is 3. The van der Waals surface area contributed by atoms with E-state index in [0.717, 1.165) is 49.3 Å². The first-order valence-corrected chi connectivity index (χ1v) is 10.2. The van der Waals surface area contributed by atoms with E-state index in [1.807, 2.05) is 36.1 Å². The monoisotopic (exact) mass is 382 g/mol. The highest BCUT2D eigenvalue weighted by atomic mass is 35.5. The molecule has 1 aromatic carbocycles. The number of aliphatic imine (C=N–C) groups is 1. The predicted molar refractivity (Wildman–Crippen MR) is 107 cm³/mol. The third kappa shape index (κ3) is 6.78. The van der Waals surface area contributed by atoms with Crippen LogP contribution in [0.25, 0.3) is 0 Å². The summed E-state index contributed by atoms with van der Waals surface area (Å²) >= 11 is 7.66. The average Bonchev–Trinajstić information content (AvgIpc) is 3.08. The van der Waals surface area contributed by atoms with Crippen molar-refractivity contribution >= 4 is 35.2 Å². The summed E-state index contributed by atoms with van der Waals surface area (Å²) in [5.41, 5.74) is 0. The minimum atomic E-state index is 0.227. The first-order chi connectivity index (χ1) is 12.1. The molecule has 1 aromatic rings. The molecule has 0 radical (unpaired) electrons. The van der Waals surface area contributed by atoms with Crippen molar-refractivity contribution < 1.29 is 4.79 Å². The van der Waals surface area contributed by atoms with Crippen molar-refractivity contribution in [2.24, 2.45) is 4.99 Å². The van der Waals surface area contributed by atoms with Gasteiger partial charge in [0.05, 0.1) is 6.54 Å². The predicted octanol–water partition coefficient (Wildman–Crippen LogP) is 3.00. The zero-order valence-corrected chi connectivity index (χ0v) is 16.5. The maximum atomic E-state index is 11.8. The molecule has 0 aromatic heterocycles. The molecule has 0 bridgehead atoms. The van der Waals surface area contributed by atoms with Crippen molar-refractivity contribution in [1.82, 2.24) is 15.5 Å². The molecular formula is C18H27ClN4OS. The standard InChI is InChI=1S/C18H27ClN4OS/c1-3-17(24)23-11-9-15(13-23)22-18(20-4-2)21-10-12-25-16-7-5-14(19)6-8-16/h5-8,15H,3-4,9-13H2,1-2H3,(H2,20,21,22). The van der Waals surface area contributed by atoms with Gasteiger partial charge in [-0.15, -0.1) is 11.8 Å². The Balaban J connectivity index is 1.78. The fourth-order valence-electron chi connectivity index (χ4n) is 2.69. The van der Waals surface area contributed by atoms with Gasteiger partial charge in [-0.25, -0.2) is 0 Å². The highest BCUT2D eigenvalue weighted by Crippen LogP contribution is 2.20. The number of nitrogens with zero attached hydrogens (tertiary/aromatic N) is 2. The van der Waals surface area contributed by atoms with Crippen LogP contribution in [0.15, 0.2) is 34.2 Å². The second-order valence-electron chi connectivity index (χ2n) is 5.89. The van der Waals surface area contributed by atoms with E-state index in [-0.39, 0.29) is 11.9 Å². The Morgan fingerprint density at radius 1 is 1.36 bits per heavy atom. The fourth-order valence-corrected chi connectivity index (χ4v) is 3.57. The topological polar surface area (TPSA) is 56.7 Å². The number of thioether (sulfide) groups is 1. The van der Waals surface area contributed by atoms with Crippen LogP contribution >= 0.6 is 23.4 Å². The fraction of sp³-hybridized carbons (Fsp3) is 0.556. The highest BCUT2D eigenvalue weighted by molar-refractivity contribution is 7.99. The van der Waals surface area contributed by atoms with Crippen LogP contribution in [0.5, 0.6) is 0 Å². The molecule has 1 aliphatic heterocycles. The Morgan fingerprint density at radius 3 is 2.80 bits per heavy atom. The van der Waals surface area contributed by atoms with Gasteiger partial charge in [-0.05, 0) is 37.6 Å². The van der Waals surface area contributed by atoms with Gasteiger partial charge in [-0.1, -0.05) is 18.5 Å². The molecule has 1 heterocycles. The third-order valence-electron chi connectivity index (χ3n) is 3.97. The molecule has 138 valence electrons. The molecule has 1 aliphatic rings. The van der Waals surface area contributed by atoms with Crippen LogP contribution < -0.4 is 10.6 Å². The largest absolute Gasteiger partial charge is 0.357 e. The number of carbonyl (C=O) groups is 1. The van der Waals surface area contributed by atoms with Crippen molar-refractivity contribution in [3.8, 4) is 0 Å². The molecule has 1 atom stereocenters. The molecule has 1 saturated heterocycles. The van der Waals surface area contributed by atoms with E-state index in [2.05, 4.69) is 22.5 Å². The number of amides is 1. The molecule has 0 saturated carbocycles. The van der Waals surface area contributed by atoms with Crippen LogP contribution in [0.4, 0.5) is 0 Å². The Kier molecular flexibility index (Phi) is 8.41. The van der Waals surface area contributed by atoms with Gasteiger partial charge in [0.1, 0.15) is 0 Å². The zero-order chi connectivity index (χ0) is 18.1. The summed E-state index contributed by atoms with van der Waals surface area (Å²) in [7, 11) is 0. The number of guanidine groups is 1. The van der Waals surface area contributed by atoms with E-state index >= 15 is 0 Å². The molecule has 1 fully saturated rings. The van der Waals surface area contributed by atoms with Crippen LogP contribution in [0, 0.1) is 0 Å². The molecule has 2 N–H and O–H groups in total. The number of nitrogens with one attached hydrogen (secondary N) is 2. The number of halogens is 1. The van der Waals surface area contributed by atoms with Crippen molar-refractivity contribution in [2.75, 3.05) is 31.9 Å². The molecule has 0 aliphatic carbocycles. The Labute approximate surface area is 159 Å². The molecule has 7 heteroatoms. The zero-order valence-electron chi connectivity index (χ0n) is 14.9. The highest BCUT2D eigenvalue weighted by Gasteiger charge is 2.25. The SMILES string of the molecule is CCNC(=NCCSc1ccc(Cl)cc1)NC1CCN(C(=O)CC)C1. The van der Waals surface area contributed by atoms with Crippen molar-refractivity contribution in [2.45, 2.75) is 37.6 Å². The molecule has 1 unspecified atom stereocenters. The minimum Gasteiger partial charge on any atom is -0.357 e. The number of benzene rings is 1. The lowest BCUT2D eigenvalue weighted by Crippen LogP contribution is -2.45. The molecular weight excluding hydrogens is 356 g/mol. The van der Waals surface area contributed by atoms with Crippen molar-refractivity contribution in [3.05, 3.63) is 29.3 Å². The lowest BCUT2D eigenvalue weighted by molar-refractivity contribution is -0.129. The van der Waals surface area contributed by atoms with Crippen LogP contribution in [0.3, 0.4) is 0 Å². The summed E-state index contributed by atoms with van der Waals surface area (Å²) in [6, 6.07) is 8.14. The summed E-state index contributed by atoms with van der Waals surface area (Å²) in [6.45, 7) is 7.11. The minimum absolute atomic E-state index is 0.227. The first kappa shape index (κ1) is 19.9. The lowest BCUT2D eigenvalue weighted by atomic mass is 10.3. The number of carbonyl (C=O) groups excluding carboxylic acids is 1. The van der Waals surface area contributed by atoms with E-state index in [1.165, 1.54) is 4.90 Å². The molecule has 5 nitrogen and oxygen atoms in total. The van der Waals surface area contributed by atoms with Gasteiger partial charge in [0.15, 0.2) is 5.96 Å². The van der Waals surface area contributed by atoms with Gasteiger partial charge in [-0.3, -0.25) is 9.79 Å². The van der Waals surface area contributed by atoms with Crippen LogP contribution in [0.2, 0.25) is 5.02 Å². The smallest absolute Gasteiger partial charge is 0.222 e. The quantitative estimate of drug-likeness (QED) is 0.329. The van der Waals surface area contributed by atoms with Crippen LogP contribution in [-0.4, -0.2) is 54.7 Å². The van der Waals surface area contributed by atoms with Gasteiger partial charge in [0.25, 0.3) is 0 Å². The maximum absolute atomic E-state index is 11.8. The normalized spacial score (nSPS) is 17.6. The molecule has 2 rings (SSSR count). The van der Waals surface area contributed by atoms with Crippen molar-refractivity contribution in [1.29, 1.82) is 0 Å². The van der Waals surface area contributed by atoms with Gasteiger partial charge < -0.3 is 15.5 Å². The Bertz CT molecular complexity index is 579.